The van der Waals surface area contributed by atoms with Gasteiger partial charge in [0.2, 0.25) is 5.91 Å². The maximum absolute atomic E-state index is 12.4. The summed E-state index contributed by atoms with van der Waals surface area (Å²) in [5, 5.41) is 13.4. The summed E-state index contributed by atoms with van der Waals surface area (Å²) in [5.74, 6) is 0.523. The van der Waals surface area contributed by atoms with Gasteiger partial charge in [-0.3, -0.25) is 14.5 Å². The van der Waals surface area contributed by atoms with Crippen LogP contribution in [-0.4, -0.2) is 91.4 Å². The third-order valence-corrected chi connectivity index (χ3v) is 5.21. The minimum absolute atomic E-state index is 0.0908. The average Bonchev–Trinajstić information content (AvgIpc) is 3.02. The fraction of sp³-hybridized carbons (Fsp3) is 0.579. The summed E-state index contributed by atoms with van der Waals surface area (Å²) in [5.41, 5.74) is 0.506. The zero-order chi connectivity index (χ0) is 19.4. The first kappa shape index (κ1) is 19.6. The highest BCUT2D eigenvalue weighted by Crippen LogP contribution is 2.18. The quantitative estimate of drug-likeness (QED) is 0.733. The van der Waals surface area contributed by atoms with Crippen LogP contribution < -0.4 is 10.1 Å². The molecule has 2 N–H and O–H groups in total. The Bertz CT molecular complexity index is 658. The maximum Gasteiger partial charge on any atom is 0.251 e. The van der Waals surface area contributed by atoms with Crippen molar-refractivity contribution in [2.75, 3.05) is 46.4 Å². The van der Waals surface area contributed by atoms with E-state index in [4.69, 9.17) is 9.47 Å². The smallest absolute Gasteiger partial charge is 0.251 e. The van der Waals surface area contributed by atoms with E-state index in [2.05, 4.69) is 10.2 Å². The van der Waals surface area contributed by atoms with Crippen LogP contribution >= 0.6 is 0 Å². The van der Waals surface area contributed by atoms with Crippen LogP contribution in [0.2, 0.25) is 0 Å². The maximum atomic E-state index is 12.4. The van der Waals surface area contributed by atoms with Crippen LogP contribution in [0.4, 0.5) is 0 Å². The number of hydrogen-bond donors (Lipinski definition) is 2. The number of ether oxygens (including phenoxy) is 2. The SMILES string of the molecule is COc1ccc(C(=O)N[C@H]2CO[C@@H](CN3CCN(C(C)=O)CC3)[C@@H]2O)cc1. The molecule has 0 aliphatic carbocycles. The van der Waals surface area contributed by atoms with E-state index < -0.39 is 12.1 Å². The van der Waals surface area contributed by atoms with Gasteiger partial charge in [0.25, 0.3) is 5.91 Å². The first-order valence-electron chi connectivity index (χ1n) is 9.20. The lowest BCUT2D eigenvalue weighted by Crippen LogP contribution is -2.52. The van der Waals surface area contributed by atoms with Crippen LogP contribution in [0.15, 0.2) is 24.3 Å². The van der Waals surface area contributed by atoms with E-state index in [1.54, 1.807) is 38.3 Å². The molecule has 2 aliphatic heterocycles. The van der Waals surface area contributed by atoms with E-state index in [1.165, 1.54) is 0 Å². The Labute approximate surface area is 159 Å². The van der Waals surface area contributed by atoms with E-state index in [-0.39, 0.29) is 24.5 Å². The van der Waals surface area contributed by atoms with E-state index in [0.717, 1.165) is 13.1 Å². The molecule has 0 saturated carbocycles. The Morgan fingerprint density at radius 1 is 1.22 bits per heavy atom. The van der Waals surface area contributed by atoms with Gasteiger partial charge in [-0.25, -0.2) is 0 Å². The van der Waals surface area contributed by atoms with E-state index in [9.17, 15) is 14.7 Å². The second-order valence-electron chi connectivity index (χ2n) is 6.98. The third kappa shape index (κ3) is 4.77. The van der Waals surface area contributed by atoms with Crippen LogP contribution in [-0.2, 0) is 9.53 Å². The van der Waals surface area contributed by atoms with Crippen LogP contribution in [0.1, 0.15) is 17.3 Å². The van der Waals surface area contributed by atoms with Gasteiger partial charge in [0.05, 0.1) is 25.9 Å². The molecule has 2 amide bonds. The highest BCUT2D eigenvalue weighted by atomic mass is 16.5. The summed E-state index contributed by atoms with van der Waals surface area (Å²) in [7, 11) is 1.57. The van der Waals surface area contributed by atoms with Crippen molar-refractivity contribution in [3.8, 4) is 5.75 Å². The first-order valence-corrected chi connectivity index (χ1v) is 9.20. The average molecular weight is 377 g/mol. The minimum Gasteiger partial charge on any atom is -0.497 e. The number of rotatable bonds is 5. The normalized spacial score (nSPS) is 26.0. The summed E-state index contributed by atoms with van der Waals surface area (Å²) in [6.07, 6.45) is -1.12. The molecular weight excluding hydrogens is 350 g/mol. The van der Waals surface area contributed by atoms with Crippen molar-refractivity contribution in [2.24, 2.45) is 0 Å². The van der Waals surface area contributed by atoms with Crippen LogP contribution in [0.5, 0.6) is 5.75 Å². The molecule has 2 aliphatic rings. The Balaban J connectivity index is 1.48. The number of aliphatic hydroxyl groups is 1. The van der Waals surface area contributed by atoms with Crippen LogP contribution in [0, 0.1) is 0 Å². The molecule has 0 bridgehead atoms. The van der Waals surface area contributed by atoms with E-state index in [1.807, 2.05) is 4.90 Å². The molecule has 0 spiro atoms. The van der Waals surface area contributed by atoms with Crippen molar-refractivity contribution in [3.05, 3.63) is 29.8 Å². The molecule has 1 aromatic rings. The van der Waals surface area contributed by atoms with Crippen molar-refractivity contribution in [3.63, 3.8) is 0 Å². The molecule has 2 saturated heterocycles. The van der Waals surface area contributed by atoms with Crippen molar-refractivity contribution in [2.45, 2.75) is 25.2 Å². The topological polar surface area (TPSA) is 91.3 Å². The molecule has 0 radical (unpaired) electrons. The summed E-state index contributed by atoms with van der Waals surface area (Å²) < 4.78 is 10.8. The minimum atomic E-state index is -0.766. The van der Waals surface area contributed by atoms with E-state index >= 15 is 0 Å². The summed E-state index contributed by atoms with van der Waals surface area (Å²) >= 11 is 0. The van der Waals surface area contributed by atoms with Gasteiger partial charge in [0.15, 0.2) is 0 Å². The van der Waals surface area contributed by atoms with Gasteiger partial charge >= 0.3 is 0 Å². The van der Waals surface area contributed by atoms with Gasteiger partial charge in [-0.1, -0.05) is 0 Å². The fourth-order valence-electron chi connectivity index (χ4n) is 3.47. The predicted molar refractivity (Wildman–Crippen MR) is 98.7 cm³/mol. The highest BCUT2D eigenvalue weighted by Gasteiger charge is 2.38. The molecule has 8 nitrogen and oxygen atoms in total. The Kier molecular flexibility index (Phi) is 6.30. The lowest BCUT2D eigenvalue weighted by atomic mass is 10.1. The molecule has 1 aromatic carbocycles. The third-order valence-electron chi connectivity index (χ3n) is 5.21. The van der Waals surface area contributed by atoms with Crippen LogP contribution in [0.25, 0.3) is 0 Å². The number of benzene rings is 1. The first-order chi connectivity index (χ1) is 13.0. The Hall–Kier alpha value is -2.16. The molecule has 0 aromatic heterocycles. The number of nitrogens with one attached hydrogen (secondary N) is 1. The van der Waals surface area contributed by atoms with Gasteiger partial charge in [-0.2, -0.15) is 0 Å². The summed E-state index contributed by atoms with van der Waals surface area (Å²) in [6, 6.07) is 6.37. The zero-order valence-electron chi connectivity index (χ0n) is 15.8. The number of piperazine rings is 1. The lowest BCUT2D eigenvalue weighted by Gasteiger charge is -2.35. The molecule has 8 heteroatoms. The molecule has 27 heavy (non-hydrogen) atoms. The van der Waals surface area contributed by atoms with Crippen molar-refractivity contribution in [1.29, 1.82) is 0 Å². The molecule has 0 unspecified atom stereocenters. The van der Waals surface area contributed by atoms with Gasteiger partial charge in [0.1, 0.15) is 11.9 Å². The number of nitrogens with zero attached hydrogens (tertiary/aromatic N) is 2. The van der Waals surface area contributed by atoms with Gasteiger partial charge < -0.3 is 24.8 Å². The zero-order valence-corrected chi connectivity index (χ0v) is 15.8. The number of amides is 2. The standard InChI is InChI=1S/C19H27N3O5/c1-13(23)22-9-7-21(8-10-22)11-17-18(24)16(12-27-17)20-19(25)14-3-5-15(26-2)6-4-14/h3-6,16-18,24H,7-12H2,1-2H3,(H,20,25)/t16-,17-,18+/m0/s1. The summed E-state index contributed by atoms with van der Waals surface area (Å²) in [4.78, 5) is 27.8. The Morgan fingerprint density at radius 3 is 2.48 bits per heavy atom. The molecular formula is C19H27N3O5. The molecule has 3 atom stereocenters. The molecule has 3 rings (SSSR count). The van der Waals surface area contributed by atoms with Crippen LogP contribution in [0.3, 0.4) is 0 Å². The molecule has 148 valence electrons. The number of carbonyl (C=O) groups excluding carboxylic acids is 2. The van der Waals surface area contributed by atoms with Gasteiger partial charge in [-0.15, -0.1) is 0 Å². The largest absolute Gasteiger partial charge is 0.497 e. The molecule has 2 heterocycles. The second kappa shape index (κ2) is 8.69. The number of methoxy groups -OCH3 is 1. The second-order valence-corrected chi connectivity index (χ2v) is 6.98. The summed E-state index contributed by atoms with van der Waals surface area (Å²) in [6.45, 7) is 5.34. The molecule has 2 fully saturated rings. The van der Waals surface area contributed by atoms with Crippen molar-refractivity contribution in [1.82, 2.24) is 15.1 Å². The van der Waals surface area contributed by atoms with E-state index in [0.29, 0.717) is 30.9 Å². The number of aliphatic hydroxyl groups excluding tert-OH is 1. The monoisotopic (exact) mass is 377 g/mol. The highest BCUT2D eigenvalue weighted by molar-refractivity contribution is 5.94. The predicted octanol–water partition coefficient (Wildman–Crippen LogP) is -0.283. The number of carbonyl (C=O) groups is 2. The van der Waals surface area contributed by atoms with Gasteiger partial charge in [-0.05, 0) is 24.3 Å². The Morgan fingerprint density at radius 2 is 1.89 bits per heavy atom. The van der Waals surface area contributed by atoms with Gasteiger partial charge in [0, 0.05) is 45.2 Å². The number of hydrogen-bond acceptors (Lipinski definition) is 6. The fourth-order valence-corrected chi connectivity index (χ4v) is 3.47. The lowest BCUT2D eigenvalue weighted by molar-refractivity contribution is -0.130. The van der Waals surface area contributed by atoms with Crippen molar-refractivity contribution >= 4 is 11.8 Å². The van der Waals surface area contributed by atoms with Crippen molar-refractivity contribution < 1.29 is 24.2 Å².